The van der Waals surface area contributed by atoms with Gasteiger partial charge in [0.2, 0.25) is 5.91 Å². The molecule has 11 nitrogen and oxygen atoms in total. The minimum atomic E-state index is -3.93. The smallest absolute Gasteiger partial charge is 0.314 e. The lowest BCUT2D eigenvalue weighted by molar-refractivity contribution is -0.809. The molecule has 0 radical (unpaired) electrons. The monoisotopic (exact) mass is 387 g/mol. The summed E-state index contributed by atoms with van der Waals surface area (Å²) >= 11 is 0. The van der Waals surface area contributed by atoms with Crippen molar-refractivity contribution in [2.24, 2.45) is 0 Å². The molecule has 1 aliphatic rings. The molecule has 142 valence electrons. The van der Waals surface area contributed by atoms with Gasteiger partial charge in [0.1, 0.15) is 9.85 Å². The van der Waals surface area contributed by atoms with Gasteiger partial charge in [-0.2, -0.15) is 8.42 Å². The molecule has 1 aliphatic heterocycles. The Hall–Kier alpha value is -2.60. The Morgan fingerprint density at radius 1 is 1.19 bits per heavy atom. The number of nitrogens with zero attached hydrogens (tertiary/aromatic N) is 3. The summed E-state index contributed by atoms with van der Waals surface area (Å²) in [5, 5.41) is 21.6. The first-order chi connectivity index (χ1) is 12.1. The minimum absolute atomic E-state index is 0.00100. The molecule has 12 heteroatoms. The number of hydrogen-bond donors (Lipinski definition) is 0. The molecule has 0 atom stereocenters. The van der Waals surface area contributed by atoms with E-state index in [1.165, 1.54) is 12.1 Å². The lowest BCUT2D eigenvalue weighted by atomic mass is 10.0. The summed E-state index contributed by atoms with van der Waals surface area (Å²) in [6.45, 7) is 0.360. The average molecular weight is 387 g/mol. The van der Waals surface area contributed by atoms with Gasteiger partial charge in [0.25, 0.3) is 10.1 Å². The normalized spacial score (nSPS) is 16.0. The molecule has 1 aromatic rings. The molecule has 0 N–H and O–H groups in total. The maximum Gasteiger partial charge on any atom is 0.492 e. The van der Waals surface area contributed by atoms with Gasteiger partial charge in [-0.1, -0.05) is 17.7 Å². The van der Waals surface area contributed by atoms with Crippen LogP contribution in [0.4, 0.5) is 0 Å². The number of amides is 1. The van der Waals surface area contributed by atoms with Crippen LogP contribution in [-0.2, 0) is 19.1 Å². The molecular weight excluding hydrogens is 370 g/mol. The van der Waals surface area contributed by atoms with E-state index in [9.17, 15) is 33.4 Å². The summed E-state index contributed by atoms with van der Waals surface area (Å²) in [5.41, 5.74) is -1.45. The largest absolute Gasteiger partial charge is 0.492 e. The van der Waals surface area contributed by atoms with Gasteiger partial charge in [-0.3, -0.25) is 29.2 Å². The maximum absolute atomic E-state index is 12.0. The first-order valence-electron chi connectivity index (χ1n) is 7.61. The topological polar surface area (TPSA) is 150 Å². The predicted octanol–water partition coefficient (Wildman–Crippen LogP) is 0.572. The number of nitro groups is 2. The molecule has 2 rings (SSSR count). The third kappa shape index (κ3) is 3.96. The van der Waals surface area contributed by atoms with Crippen LogP contribution in [0.3, 0.4) is 0 Å². The Bertz CT molecular complexity index is 799. The molecule has 0 aliphatic carbocycles. The molecule has 1 heterocycles. The quantitative estimate of drug-likeness (QED) is 0.206. The summed E-state index contributed by atoms with van der Waals surface area (Å²) in [5.74, 6) is -0.527. The number of carbonyl (C=O) groups excluding carboxylic acids is 1. The fraction of sp³-hybridized carbons (Fsp3) is 0.500. The van der Waals surface area contributed by atoms with Crippen LogP contribution in [-0.4, -0.2) is 54.4 Å². The van der Waals surface area contributed by atoms with E-state index < -0.39 is 44.6 Å². The molecule has 1 saturated heterocycles. The van der Waals surface area contributed by atoms with Crippen LogP contribution < -0.4 is 0 Å². The zero-order valence-corrected chi connectivity index (χ0v) is 14.7. The lowest BCUT2D eigenvalue weighted by Gasteiger charge is -2.36. The zero-order chi connectivity index (χ0) is 19.5. The first-order valence-corrected chi connectivity index (χ1v) is 9.02. The molecule has 1 aromatic carbocycles. The molecule has 0 saturated carbocycles. The number of hydrogen-bond acceptors (Lipinski definition) is 8. The molecule has 0 aromatic heterocycles. The number of likely N-dealkylation sites (tertiary alicyclic amines) is 1. The second-order valence-electron chi connectivity index (χ2n) is 5.94. The van der Waals surface area contributed by atoms with Crippen LogP contribution in [0.1, 0.15) is 18.4 Å². The summed E-state index contributed by atoms with van der Waals surface area (Å²) in [4.78, 5) is 32.4. The molecular formula is C14H17N3O8S. The number of rotatable bonds is 8. The van der Waals surface area contributed by atoms with Crippen molar-refractivity contribution < 1.29 is 27.2 Å². The van der Waals surface area contributed by atoms with Crippen LogP contribution in [0.5, 0.6) is 0 Å². The summed E-state index contributed by atoms with van der Waals surface area (Å²) in [7, 11) is -3.93. The van der Waals surface area contributed by atoms with Crippen molar-refractivity contribution in [3.8, 4) is 0 Å². The van der Waals surface area contributed by atoms with Crippen molar-refractivity contribution >= 4 is 16.0 Å². The summed E-state index contributed by atoms with van der Waals surface area (Å²) in [6, 6.07) is 6.07. The standard InChI is InChI=1S/C14H17N3O8S/c1-11-4-6-12(7-5-11)26(23,24)25-8-2-3-13(18)15-9-14(10-15,16(19)20)17(21)22/h4-7H,2-3,8-10H2,1H3. The van der Waals surface area contributed by atoms with Crippen molar-refractivity contribution in [3.63, 3.8) is 0 Å². The molecule has 1 fully saturated rings. The Labute approximate surface area is 149 Å². The predicted molar refractivity (Wildman–Crippen MR) is 86.9 cm³/mol. The first kappa shape index (κ1) is 19.7. The van der Waals surface area contributed by atoms with Crippen molar-refractivity contribution in [3.05, 3.63) is 50.1 Å². The molecule has 0 unspecified atom stereocenters. The minimum Gasteiger partial charge on any atom is -0.314 e. The molecule has 0 bridgehead atoms. The lowest BCUT2D eigenvalue weighted by Crippen LogP contribution is -2.71. The fourth-order valence-corrected chi connectivity index (χ4v) is 3.30. The van der Waals surface area contributed by atoms with Gasteiger partial charge in [0.05, 0.1) is 11.5 Å². The van der Waals surface area contributed by atoms with Crippen LogP contribution in [0.15, 0.2) is 29.2 Å². The average Bonchev–Trinajstić information content (AvgIpc) is 2.50. The van der Waals surface area contributed by atoms with Gasteiger partial charge in [-0.25, -0.2) is 0 Å². The summed E-state index contributed by atoms with van der Waals surface area (Å²) < 4.78 is 28.8. The fourth-order valence-electron chi connectivity index (χ4n) is 2.36. The van der Waals surface area contributed by atoms with E-state index in [2.05, 4.69) is 0 Å². The van der Waals surface area contributed by atoms with E-state index >= 15 is 0 Å². The van der Waals surface area contributed by atoms with E-state index in [0.717, 1.165) is 10.5 Å². The van der Waals surface area contributed by atoms with E-state index in [4.69, 9.17) is 4.18 Å². The number of carbonyl (C=O) groups is 1. The Morgan fingerprint density at radius 3 is 2.23 bits per heavy atom. The Kier molecular flexibility index (Phi) is 5.56. The Balaban J connectivity index is 1.78. The van der Waals surface area contributed by atoms with Crippen LogP contribution in [0.2, 0.25) is 0 Å². The van der Waals surface area contributed by atoms with Crippen LogP contribution in [0.25, 0.3) is 0 Å². The van der Waals surface area contributed by atoms with Crippen molar-refractivity contribution in [2.45, 2.75) is 30.3 Å². The SMILES string of the molecule is Cc1ccc(S(=O)(=O)OCCCC(=O)N2CC([N+](=O)[O-])([N+](=O)[O-])C2)cc1. The zero-order valence-electron chi connectivity index (χ0n) is 13.9. The van der Waals surface area contributed by atoms with E-state index in [-0.39, 0.29) is 24.3 Å². The number of benzene rings is 1. The van der Waals surface area contributed by atoms with Crippen molar-refractivity contribution in [2.75, 3.05) is 19.7 Å². The van der Waals surface area contributed by atoms with E-state index in [0.29, 0.717) is 0 Å². The highest BCUT2D eigenvalue weighted by Gasteiger charge is 2.67. The van der Waals surface area contributed by atoms with Crippen LogP contribution in [0, 0.1) is 27.2 Å². The molecule has 1 amide bonds. The van der Waals surface area contributed by atoms with E-state index in [1.54, 1.807) is 12.1 Å². The van der Waals surface area contributed by atoms with Gasteiger partial charge in [0.15, 0.2) is 13.1 Å². The third-order valence-corrected chi connectivity index (χ3v) is 5.33. The Morgan fingerprint density at radius 2 is 1.73 bits per heavy atom. The summed E-state index contributed by atoms with van der Waals surface area (Å²) in [6.07, 6.45) is -0.0702. The highest BCUT2D eigenvalue weighted by Crippen LogP contribution is 2.26. The van der Waals surface area contributed by atoms with E-state index in [1.807, 2.05) is 6.92 Å². The molecule has 26 heavy (non-hydrogen) atoms. The van der Waals surface area contributed by atoms with Gasteiger partial charge < -0.3 is 4.90 Å². The third-order valence-electron chi connectivity index (χ3n) is 4.00. The van der Waals surface area contributed by atoms with Gasteiger partial charge in [-0.05, 0) is 25.5 Å². The van der Waals surface area contributed by atoms with Crippen LogP contribution >= 0.6 is 0 Å². The second kappa shape index (κ2) is 7.33. The van der Waals surface area contributed by atoms with Gasteiger partial charge in [-0.15, -0.1) is 0 Å². The van der Waals surface area contributed by atoms with Crippen molar-refractivity contribution in [1.82, 2.24) is 4.90 Å². The second-order valence-corrected chi connectivity index (χ2v) is 7.55. The number of aryl methyl sites for hydroxylation is 1. The maximum atomic E-state index is 12.0. The van der Waals surface area contributed by atoms with Crippen molar-refractivity contribution in [1.29, 1.82) is 0 Å². The molecule has 0 spiro atoms. The highest BCUT2D eigenvalue weighted by molar-refractivity contribution is 7.86. The van der Waals surface area contributed by atoms with Gasteiger partial charge >= 0.3 is 5.66 Å². The van der Waals surface area contributed by atoms with Gasteiger partial charge in [0, 0.05) is 6.42 Å². The highest BCUT2D eigenvalue weighted by atomic mass is 32.2.